The molecule has 0 aliphatic rings. The van der Waals surface area contributed by atoms with E-state index < -0.39 is 11.6 Å². The van der Waals surface area contributed by atoms with Gasteiger partial charge in [0.05, 0.1) is 10.4 Å². The van der Waals surface area contributed by atoms with E-state index in [4.69, 9.17) is 0 Å². The molecule has 0 bridgehead atoms. The molecular weight excluding hydrogens is 297 g/mol. The first-order valence-corrected chi connectivity index (χ1v) is 6.96. The first kappa shape index (κ1) is 12.4. The number of nitrogens with zero attached hydrogens (tertiary/aromatic N) is 1. The fourth-order valence-electron chi connectivity index (χ4n) is 2.26. The first-order valence-electron chi connectivity index (χ1n) is 6.15. The summed E-state index contributed by atoms with van der Waals surface area (Å²) in [5.41, 5.74) is 0.390. The summed E-state index contributed by atoms with van der Waals surface area (Å²) in [6, 6.07) is 8.83. The Morgan fingerprint density at radius 1 is 1.00 bits per heavy atom. The van der Waals surface area contributed by atoms with Crippen LogP contribution in [0.15, 0.2) is 36.4 Å². The molecule has 0 spiro atoms. The Balaban J connectivity index is 1.93. The van der Waals surface area contributed by atoms with Gasteiger partial charge in [0.2, 0.25) is 0 Å². The van der Waals surface area contributed by atoms with Gasteiger partial charge in [0.15, 0.2) is 11.6 Å². The Bertz CT molecular complexity index is 987. The highest BCUT2D eigenvalue weighted by Gasteiger charge is 2.14. The molecule has 4 aromatic rings. The van der Waals surface area contributed by atoms with Crippen molar-refractivity contribution < 1.29 is 13.2 Å². The van der Waals surface area contributed by atoms with Crippen LogP contribution in [0, 0.1) is 17.5 Å². The molecule has 2 aromatic carbocycles. The maximum Gasteiger partial charge on any atom is 0.186 e. The average Bonchev–Trinajstić information content (AvgIpc) is 3.06. The Kier molecular flexibility index (Phi) is 2.56. The molecule has 0 saturated heterocycles. The third-order valence-electron chi connectivity index (χ3n) is 3.26. The molecule has 0 amide bonds. The number of aromatic amines is 1. The Labute approximate surface area is 120 Å². The van der Waals surface area contributed by atoms with E-state index in [9.17, 15) is 13.2 Å². The number of thiophene rings is 1. The van der Waals surface area contributed by atoms with Gasteiger partial charge in [0.1, 0.15) is 17.2 Å². The summed E-state index contributed by atoms with van der Waals surface area (Å²) in [6.45, 7) is 0. The molecule has 21 heavy (non-hydrogen) atoms. The van der Waals surface area contributed by atoms with Crippen molar-refractivity contribution in [2.45, 2.75) is 0 Å². The second-order valence-corrected chi connectivity index (χ2v) is 5.72. The van der Waals surface area contributed by atoms with Gasteiger partial charge in [-0.05, 0) is 35.7 Å². The molecule has 0 fully saturated rings. The minimum absolute atomic E-state index is 0.0337. The van der Waals surface area contributed by atoms with Crippen molar-refractivity contribution in [2.75, 3.05) is 0 Å². The SMILES string of the molecule is Fc1ccc2cc(-c3nc4c(F)c(F)ccc4[nH]3)sc2c1. The van der Waals surface area contributed by atoms with Gasteiger partial charge in [0, 0.05) is 4.70 Å². The average molecular weight is 304 g/mol. The van der Waals surface area contributed by atoms with E-state index in [0.717, 1.165) is 21.0 Å². The lowest BCUT2D eigenvalue weighted by molar-refractivity contribution is 0.515. The fraction of sp³-hybridized carbons (Fsp3) is 0. The zero-order valence-electron chi connectivity index (χ0n) is 10.5. The van der Waals surface area contributed by atoms with Crippen molar-refractivity contribution in [3.8, 4) is 10.7 Å². The number of imidazole rings is 1. The Morgan fingerprint density at radius 2 is 1.86 bits per heavy atom. The van der Waals surface area contributed by atoms with Crippen LogP contribution in [-0.4, -0.2) is 9.97 Å². The number of hydrogen-bond acceptors (Lipinski definition) is 2. The first-order chi connectivity index (χ1) is 10.1. The highest BCUT2D eigenvalue weighted by atomic mass is 32.1. The van der Waals surface area contributed by atoms with E-state index in [2.05, 4.69) is 9.97 Å². The van der Waals surface area contributed by atoms with Crippen LogP contribution >= 0.6 is 11.3 Å². The largest absolute Gasteiger partial charge is 0.337 e. The standard InChI is InChI=1S/C15H7F3N2S/c16-8-2-1-7-5-12(21-11(7)6-8)15-19-10-4-3-9(17)13(18)14(10)20-15/h1-6H,(H,19,20). The van der Waals surface area contributed by atoms with Crippen LogP contribution in [0.5, 0.6) is 0 Å². The summed E-state index contributed by atoms with van der Waals surface area (Å²) in [5.74, 6) is -1.77. The predicted octanol–water partition coefficient (Wildman–Crippen LogP) is 4.86. The van der Waals surface area contributed by atoms with Gasteiger partial charge < -0.3 is 4.98 Å². The number of benzene rings is 2. The highest BCUT2D eigenvalue weighted by Crippen LogP contribution is 2.33. The molecule has 0 unspecified atom stereocenters. The van der Waals surface area contributed by atoms with Crippen molar-refractivity contribution in [3.05, 3.63) is 53.8 Å². The van der Waals surface area contributed by atoms with E-state index in [1.807, 2.05) is 6.07 Å². The van der Waals surface area contributed by atoms with Crippen LogP contribution in [0.2, 0.25) is 0 Å². The lowest BCUT2D eigenvalue weighted by atomic mass is 10.2. The number of rotatable bonds is 1. The van der Waals surface area contributed by atoms with Gasteiger partial charge in [-0.15, -0.1) is 11.3 Å². The summed E-state index contributed by atoms with van der Waals surface area (Å²) in [7, 11) is 0. The minimum Gasteiger partial charge on any atom is -0.337 e. The molecule has 104 valence electrons. The van der Waals surface area contributed by atoms with Crippen molar-refractivity contribution in [2.24, 2.45) is 0 Å². The molecule has 0 aliphatic carbocycles. The summed E-state index contributed by atoms with van der Waals surface area (Å²) < 4.78 is 40.9. The number of nitrogens with one attached hydrogen (secondary N) is 1. The van der Waals surface area contributed by atoms with Crippen LogP contribution < -0.4 is 0 Å². The lowest BCUT2D eigenvalue weighted by Crippen LogP contribution is -1.84. The zero-order chi connectivity index (χ0) is 14.6. The van der Waals surface area contributed by atoms with E-state index in [1.54, 1.807) is 6.07 Å². The van der Waals surface area contributed by atoms with Crippen LogP contribution in [0.25, 0.3) is 31.8 Å². The van der Waals surface area contributed by atoms with E-state index in [1.165, 1.54) is 29.5 Å². The molecule has 6 heteroatoms. The quantitative estimate of drug-likeness (QED) is 0.534. The molecule has 0 saturated carbocycles. The van der Waals surface area contributed by atoms with Crippen LogP contribution in [-0.2, 0) is 0 Å². The lowest BCUT2D eigenvalue weighted by Gasteiger charge is -1.91. The van der Waals surface area contributed by atoms with E-state index in [0.29, 0.717) is 11.3 Å². The Hall–Kier alpha value is -2.34. The third kappa shape index (κ3) is 1.91. The topological polar surface area (TPSA) is 28.7 Å². The van der Waals surface area contributed by atoms with Crippen molar-refractivity contribution in [1.82, 2.24) is 9.97 Å². The van der Waals surface area contributed by atoms with Crippen LogP contribution in [0.1, 0.15) is 0 Å². The van der Waals surface area contributed by atoms with Gasteiger partial charge in [-0.3, -0.25) is 0 Å². The van der Waals surface area contributed by atoms with Gasteiger partial charge in [0.25, 0.3) is 0 Å². The molecule has 2 heterocycles. The van der Waals surface area contributed by atoms with Gasteiger partial charge in [-0.2, -0.15) is 0 Å². The number of hydrogen-bond donors (Lipinski definition) is 1. The smallest absolute Gasteiger partial charge is 0.186 e. The zero-order valence-corrected chi connectivity index (χ0v) is 11.3. The number of halogens is 3. The van der Waals surface area contributed by atoms with Gasteiger partial charge in [-0.1, -0.05) is 6.07 Å². The highest BCUT2D eigenvalue weighted by molar-refractivity contribution is 7.22. The van der Waals surface area contributed by atoms with Crippen LogP contribution in [0.4, 0.5) is 13.2 Å². The predicted molar refractivity (Wildman–Crippen MR) is 76.8 cm³/mol. The molecule has 2 nitrogen and oxygen atoms in total. The minimum atomic E-state index is -0.970. The fourth-order valence-corrected chi connectivity index (χ4v) is 3.29. The molecule has 4 rings (SSSR count). The summed E-state index contributed by atoms with van der Waals surface area (Å²) >= 11 is 1.34. The molecule has 2 aromatic heterocycles. The van der Waals surface area contributed by atoms with E-state index in [-0.39, 0.29) is 11.3 Å². The van der Waals surface area contributed by atoms with Crippen molar-refractivity contribution in [1.29, 1.82) is 0 Å². The second kappa shape index (κ2) is 4.33. The maximum absolute atomic E-state index is 13.7. The molecule has 0 aliphatic heterocycles. The molecular formula is C15H7F3N2S. The second-order valence-electron chi connectivity index (χ2n) is 4.64. The van der Waals surface area contributed by atoms with E-state index >= 15 is 0 Å². The molecule has 1 N–H and O–H groups in total. The van der Waals surface area contributed by atoms with Crippen molar-refractivity contribution >= 4 is 32.5 Å². The number of H-pyrrole nitrogens is 1. The summed E-state index contributed by atoms with van der Waals surface area (Å²) in [5, 5.41) is 0.878. The van der Waals surface area contributed by atoms with Gasteiger partial charge >= 0.3 is 0 Å². The van der Waals surface area contributed by atoms with Crippen LogP contribution in [0.3, 0.4) is 0 Å². The molecule has 0 atom stereocenters. The van der Waals surface area contributed by atoms with Gasteiger partial charge in [-0.25, -0.2) is 18.2 Å². The number of aromatic nitrogens is 2. The maximum atomic E-state index is 13.7. The van der Waals surface area contributed by atoms with Crippen molar-refractivity contribution in [3.63, 3.8) is 0 Å². The number of fused-ring (bicyclic) bond motifs is 2. The normalized spacial score (nSPS) is 11.6. The monoisotopic (exact) mass is 304 g/mol. The molecule has 0 radical (unpaired) electrons. The third-order valence-corrected chi connectivity index (χ3v) is 4.37. The Morgan fingerprint density at radius 3 is 2.71 bits per heavy atom. The summed E-state index contributed by atoms with van der Waals surface area (Å²) in [4.78, 5) is 7.80. The summed E-state index contributed by atoms with van der Waals surface area (Å²) in [6.07, 6.45) is 0.